The summed E-state index contributed by atoms with van der Waals surface area (Å²) < 4.78 is 5.28. The van der Waals surface area contributed by atoms with Gasteiger partial charge in [0.25, 0.3) is 0 Å². The van der Waals surface area contributed by atoms with E-state index in [1.807, 2.05) is 0 Å². The number of carbonyl (C=O) groups excluding carboxylic acids is 1. The number of nitrogens with two attached hydrogens (primary N) is 1. The third-order valence-electron chi connectivity index (χ3n) is 2.77. The minimum absolute atomic E-state index is 0.0359. The van der Waals surface area contributed by atoms with Gasteiger partial charge in [-0.15, -0.1) is 0 Å². The van der Waals surface area contributed by atoms with Crippen molar-refractivity contribution in [2.45, 2.75) is 25.7 Å². The summed E-state index contributed by atoms with van der Waals surface area (Å²) in [4.78, 5) is 13.0. The summed E-state index contributed by atoms with van der Waals surface area (Å²) >= 11 is 0. The van der Waals surface area contributed by atoms with Crippen molar-refractivity contribution in [3.63, 3.8) is 0 Å². The molecular formula is C10H15N3O4. The standard InChI is InChI=1S/C10H15N3O4/c1-5-3-13(10(16)12-9(5)11)8-2-6(15)7(4-14)17-8/h3,8-9,14-15H,2,4,11H2,1H3,(H,12,16)/t8-,9?/m1/s1. The van der Waals surface area contributed by atoms with Crippen molar-refractivity contribution >= 4 is 6.03 Å². The van der Waals surface area contributed by atoms with Crippen LogP contribution in [0.1, 0.15) is 13.3 Å². The SMILES string of the molecule is CC1=CN([C@H]2CC(O)=C(CO)O2)C(=O)NC1N. The number of hydrogen-bond acceptors (Lipinski definition) is 5. The van der Waals surface area contributed by atoms with E-state index in [2.05, 4.69) is 5.32 Å². The molecule has 2 aliphatic heterocycles. The molecule has 2 heterocycles. The van der Waals surface area contributed by atoms with Gasteiger partial charge in [0.2, 0.25) is 0 Å². The largest absolute Gasteiger partial charge is 0.508 e. The number of ether oxygens (including phenoxy) is 1. The molecule has 0 radical (unpaired) electrons. The molecule has 0 aromatic carbocycles. The predicted octanol–water partition coefficient (Wildman–Crippen LogP) is -0.291. The first-order valence-corrected chi connectivity index (χ1v) is 5.24. The summed E-state index contributed by atoms with van der Waals surface area (Å²) in [6.45, 7) is 1.40. The number of nitrogens with zero attached hydrogens (tertiary/aromatic N) is 1. The summed E-state index contributed by atoms with van der Waals surface area (Å²) in [5.41, 5.74) is 6.43. The average molecular weight is 241 g/mol. The molecule has 0 bridgehead atoms. The van der Waals surface area contributed by atoms with E-state index in [0.29, 0.717) is 0 Å². The second-order valence-corrected chi connectivity index (χ2v) is 4.01. The second kappa shape index (κ2) is 4.27. The minimum Gasteiger partial charge on any atom is -0.508 e. The molecule has 7 nitrogen and oxygen atoms in total. The number of urea groups is 1. The van der Waals surface area contributed by atoms with E-state index in [0.717, 1.165) is 5.57 Å². The second-order valence-electron chi connectivity index (χ2n) is 4.01. The van der Waals surface area contributed by atoms with Crippen molar-refractivity contribution in [1.82, 2.24) is 10.2 Å². The topological polar surface area (TPSA) is 108 Å². The Morgan fingerprint density at radius 1 is 1.71 bits per heavy atom. The molecule has 1 unspecified atom stereocenters. The summed E-state index contributed by atoms with van der Waals surface area (Å²) in [6, 6.07) is -0.389. The lowest BCUT2D eigenvalue weighted by molar-refractivity contribution is 0.0301. The Bertz CT molecular complexity index is 404. The van der Waals surface area contributed by atoms with Crippen LogP contribution < -0.4 is 11.1 Å². The van der Waals surface area contributed by atoms with Crippen LogP contribution in [0.2, 0.25) is 0 Å². The van der Waals surface area contributed by atoms with Gasteiger partial charge in [-0.25, -0.2) is 4.79 Å². The van der Waals surface area contributed by atoms with Crippen molar-refractivity contribution in [2.75, 3.05) is 6.61 Å². The molecule has 94 valence electrons. The van der Waals surface area contributed by atoms with Crippen molar-refractivity contribution in [3.8, 4) is 0 Å². The Balaban J connectivity index is 2.13. The summed E-state index contributed by atoms with van der Waals surface area (Å²) in [7, 11) is 0. The first-order chi connectivity index (χ1) is 8.02. The zero-order chi connectivity index (χ0) is 12.6. The van der Waals surface area contributed by atoms with Crippen LogP contribution in [0, 0.1) is 0 Å². The van der Waals surface area contributed by atoms with Crippen molar-refractivity contribution in [3.05, 3.63) is 23.3 Å². The summed E-state index contributed by atoms with van der Waals surface area (Å²) in [5, 5.41) is 21.0. The molecule has 0 aliphatic carbocycles. The van der Waals surface area contributed by atoms with Crippen molar-refractivity contribution < 1.29 is 19.7 Å². The summed E-state index contributed by atoms with van der Waals surface area (Å²) in [6.07, 6.45) is 0.600. The van der Waals surface area contributed by atoms with Crippen LogP contribution in [0.25, 0.3) is 0 Å². The number of aliphatic hydroxyl groups excluding tert-OH is 2. The molecule has 2 aliphatic rings. The van der Waals surface area contributed by atoms with Crippen molar-refractivity contribution in [1.29, 1.82) is 0 Å². The van der Waals surface area contributed by atoms with Gasteiger partial charge in [0.05, 0.1) is 6.42 Å². The number of rotatable bonds is 2. The maximum Gasteiger partial charge on any atom is 0.325 e. The van der Waals surface area contributed by atoms with Gasteiger partial charge in [-0.2, -0.15) is 0 Å². The Labute approximate surface area is 98.1 Å². The van der Waals surface area contributed by atoms with Gasteiger partial charge >= 0.3 is 6.03 Å². The maximum atomic E-state index is 11.7. The van der Waals surface area contributed by atoms with Gasteiger partial charge in [0.15, 0.2) is 12.0 Å². The normalized spacial score (nSPS) is 29.0. The molecule has 0 fully saturated rings. The fraction of sp³-hybridized carbons (Fsp3) is 0.500. The van der Waals surface area contributed by atoms with E-state index < -0.39 is 12.4 Å². The molecule has 0 aromatic rings. The first-order valence-electron chi connectivity index (χ1n) is 5.24. The van der Waals surface area contributed by atoms with E-state index in [1.54, 1.807) is 13.1 Å². The Hall–Kier alpha value is -1.73. The molecular weight excluding hydrogens is 226 g/mol. The molecule has 0 aromatic heterocycles. The molecule has 0 saturated carbocycles. The third-order valence-corrected chi connectivity index (χ3v) is 2.77. The number of carbonyl (C=O) groups is 1. The lowest BCUT2D eigenvalue weighted by Gasteiger charge is -2.32. The Morgan fingerprint density at radius 3 is 3.00 bits per heavy atom. The highest BCUT2D eigenvalue weighted by atomic mass is 16.5. The van der Waals surface area contributed by atoms with Crippen LogP contribution in [0.4, 0.5) is 4.79 Å². The zero-order valence-corrected chi connectivity index (χ0v) is 9.38. The fourth-order valence-corrected chi connectivity index (χ4v) is 1.73. The van der Waals surface area contributed by atoms with Gasteiger partial charge in [-0.1, -0.05) is 0 Å². The average Bonchev–Trinajstić information content (AvgIpc) is 2.65. The highest BCUT2D eigenvalue weighted by Crippen LogP contribution is 2.27. The van der Waals surface area contributed by atoms with Gasteiger partial charge in [-0.3, -0.25) is 4.90 Å². The smallest absolute Gasteiger partial charge is 0.325 e. The van der Waals surface area contributed by atoms with Gasteiger partial charge in [-0.05, 0) is 12.5 Å². The molecule has 0 saturated heterocycles. The van der Waals surface area contributed by atoms with E-state index >= 15 is 0 Å². The number of nitrogens with one attached hydrogen (secondary N) is 1. The van der Waals surface area contributed by atoms with Gasteiger partial charge in [0.1, 0.15) is 18.5 Å². The fourth-order valence-electron chi connectivity index (χ4n) is 1.73. The van der Waals surface area contributed by atoms with Crippen LogP contribution in [0.3, 0.4) is 0 Å². The molecule has 7 heteroatoms. The molecule has 2 amide bonds. The predicted molar refractivity (Wildman–Crippen MR) is 58.3 cm³/mol. The van der Waals surface area contributed by atoms with E-state index in [-0.39, 0.29) is 30.6 Å². The molecule has 0 spiro atoms. The quantitative estimate of drug-likeness (QED) is 0.531. The molecule has 2 rings (SSSR count). The lowest BCUT2D eigenvalue weighted by Crippen LogP contribution is -2.54. The van der Waals surface area contributed by atoms with Crippen LogP contribution in [-0.2, 0) is 4.74 Å². The molecule has 2 atom stereocenters. The van der Waals surface area contributed by atoms with E-state index in [1.165, 1.54) is 4.90 Å². The van der Waals surface area contributed by atoms with Crippen LogP contribution in [0.5, 0.6) is 0 Å². The third kappa shape index (κ3) is 2.06. The number of aliphatic hydroxyl groups is 2. The van der Waals surface area contributed by atoms with Gasteiger partial charge in [0, 0.05) is 6.20 Å². The molecule has 5 N–H and O–H groups in total. The summed E-state index contributed by atoms with van der Waals surface area (Å²) in [5.74, 6) is 0.0648. The highest BCUT2D eigenvalue weighted by Gasteiger charge is 2.34. The monoisotopic (exact) mass is 241 g/mol. The van der Waals surface area contributed by atoms with Crippen LogP contribution in [0.15, 0.2) is 23.3 Å². The van der Waals surface area contributed by atoms with Gasteiger partial charge < -0.3 is 26.0 Å². The maximum absolute atomic E-state index is 11.7. The van der Waals surface area contributed by atoms with E-state index in [4.69, 9.17) is 15.6 Å². The van der Waals surface area contributed by atoms with Crippen molar-refractivity contribution in [2.24, 2.45) is 5.73 Å². The first kappa shape index (κ1) is 11.7. The Morgan fingerprint density at radius 2 is 2.41 bits per heavy atom. The van der Waals surface area contributed by atoms with Crippen LogP contribution >= 0.6 is 0 Å². The highest BCUT2D eigenvalue weighted by molar-refractivity contribution is 5.77. The minimum atomic E-state index is -0.639. The van der Waals surface area contributed by atoms with Crippen LogP contribution in [-0.4, -0.2) is 40.1 Å². The zero-order valence-electron chi connectivity index (χ0n) is 9.38. The number of amides is 2. The Kier molecular flexibility index (Phi) is 2.95. The number of hydrogen-bond donors (Lipinski definition) is 4. The van der Waals surface area contributed by atoms with E-state index in [9.17, 15) is 9.90 Å². The lowest BCUT2D eigenvalue weighted by atomic mass is 10.2. The molecule has 17 heavy (non-hydrogen) atoms.